The minimum atomic E-state index is -3.64. The van der Waals surface area contributed by atoms with Crippen molar-refractivity contribution in [2.45, 2.75) is 32.6 Å². The summed E-state index contributed by atoms with van der Waals surface area (Å²) in [5.41, 5.74) is 3.43. The lowest BCUT2D eigenvalue weighted by Crippen LogP contribution is -2.22. The molecule has 7 heteroatoms. The van der Waals surface area contributed by atoms with Crippen molar-refractivity contribution >= 4 is 27.3 Å². The fourth-order valence-corrected chi connectivity index (χ4v) is 3.96. The molecule has 6 nitrogen and oxygen atoms in total. The van der Waals surface area contributed by atoms with E-state index in [-0.39, 0.29) is 10.8 Å². The van der Waals surface area contributed by atoms with Gasteiger partial charge in [0.1, 0.15) is 0 Å². The van der Waals surface area contributed by atoms with Gasteiger partial charge in [-0.1, -0.05) is 0 Å². The monoisotopic (exact) mass is 389 g/mol. The van der Waals surface area contributed by atoms with E-state index >= 15 is 0 Å². The van der Waals surface area contributed by atoms with Gasteiger partial charge in [-0.15, -0.1) is 0 Å². The van der Waals surface area contributed by atoms with Crippen LogP contribution in [0.15, 0.2) is 41.3 Å². The first-order valence-corrected chi connectivity index (χ1v) is 10.4. The summed E-state index contributed by atoms with van der Waals surface area (Å²) in [6.07, 6.45) is 0. The minimum absolute atomic E-state index is 0.118. The number of sulfonamides is 1. The van der Waals surface area contributed by atoms with E-state index in [1.54, 1.807) is 19.9 Å². The van der Waals surface area contributed by atoms with Crippen molar-refractivity contribution < 1.29 is 13.2 Å². The van der Waals surface area contributed by atoms with Gasteiger partial charge in [0.05, 0.1) is 4.90 Å². The third kappa shape index (κ3) is 4.67. The van der Waals surface area contributed by atoms with E-state index in [9.17, 15) is 13.2 Å². The summed E-state index contributed by atoms with van der Waals surface area (Å²) in [4.78, 5) is 15.0. The maximum Gasteiger partial charge on any atom is 0.255 e. The summed E-state index contributed by atoms with van der Waals surface area (Å²) in [6.45, 7) is 9.53. The van der Waals surface area contributed by atoms with Gasteiger partial charge in [0.15, 0.2) is 0 Å². The summed E-state index contributed by atoms with van der Waals surface area (Å²) in [5.74, 6) is -0.346. The Morgan fingerprint density at radius 3 is 2.15 bits per heavy atom. The van der Waals surface area contributed by atoms with Gasteiger partial charge in [-0.2, -0.15) is 0 Å². The number of hydrogen-bond acceptors (Lipinski definition) is 4. The quantitative estimate of drug-likeness (QED) is 0.761. The first-order valence-electron chi connectivity index (χ1n) is 8.94. The molecule has 2 rings (SSSR count). The molecule has 27 heavy (non-hydrogen) atoms. The Hall–Kier alpha value is -2.38. The number of nitrogens with one attached hydrogen (secondary N) is 2. The fourth-order valence-electron chi connectivity index (χ4n) is 2.89. The van der Waals surface area contributed by atoms with Crippen LogP contribution in [0.3, 0.4) is 0 Å². The maximum absolute atomic E-state index is 12.6. The second-order valence-corrected chi connectivity index (χ2v) is 8.15. The number of hydrogen-bond donors (Lipinski definition) is 2. The van der Waals surface area contributed by atoms with Gasteiger partial charge >= 0.3 is 0 Å². The molecule has 0 aliphatic heterocycles. The van der Waals surface area contributed by atoms with Crippen LogP contribution in [0, 0.1) is 13.8 Å². The summed E-state index contributed by atoms with van der Waals surface area (Å²) in [5, 5.41) is 2.83. The van der Waals surface area contributed by atoms with E-state index in [2.05, 4.69) is 28.8 Å². The van der Waals surface area contributed by atoms with Crippen LogP contribution in [-0.4, -0.2) is 34.5 Å². The number of amides is 1. The molecule has 0 fully saturated rings. The Balaban J connectivity index is 2.28. The van der Waals surface area contributed by atoms with Gasteiger partial charge in [0.2, 0.25) is 10.0 Å². The van der Waals surface area contributed by atoms with E-state index in [0.29, 0.717) is 16.8 Å². The van der Waals surface area contributed by atoms with Crippen molar-refractivity contribution in [2.24, 2.45) is 0 Å². The molecule has 0 bridgehead atoms. The summed E-state index contributed by atoms with van der Waals surface area (Å²) in [7, 11) is -2.28. The molecule has 0 spiro atoms. The zero-order chi connectivity index (χ0) is 20.2. The lowest BCUT2D eigenvalue weighted by molar-refractivity contribution is 0.102. The molecule has 0 aliphatic carbocycles. The Morgan fingerprint density at radius 2 is 1.63 bits per heavy atom. The molecule has 0 radical (unpaired) electrons. The SMILES string of the molecule is CCN(CC)c1ccc(NC(=O)c2cc(C)c(C)c(S(=O)(=O)NC)c2)cc1. The van der Waals surface area contributed by atoms with Crippen LogP contribution in [0.1, 0.15) is 35.3 Å². The predicted molar refractivity (Wildman–Crippen MR) is 110 cm³/mol. The third-order valence-electron chi connectivity index (χ3n) is 4.69. The molecule has 2 N–H and O–H groups in total. The molecule has 0 aromatic heterocycles. The van der Waals surface area contributed by atoms with Gasteiger partial charge in [-0.25, -0.2) is 13.1 Å². The first kappa shape index (κ1) is 20.9. The molecule has 146 valence electrons. The molecule has 0 saturated heterocycles. The Labute approximate surface area is 161 Å². The minimum Gasteiger partial charge on any atom is -0.372 e. The zero-order valence-electron chi connectivity index (χ0n) is 16.5. The molecule has 0 atom stereocenters. The van der Waals surface area contributed by atoms with Gasteiger partial charge < -0.3 is 10.2 Å². The topological polar surface area (TPSA) is 78.5 Å². The predicted octanol–water partition coefficient (Wildman–Crippen LogP) is 3.31. The average Bonchev–Trinajstić information content (AvgIpc) is 2.65. The second-order valence-electron chi connectivity index (χ2n) is 6.30. The largest absolute Gasteiger partial charge is 0.372 e. The molecular formula is C20H27N3O3S. The molecule has 0 unspecified atom stereocenters. The summed E-state index contributed by atoms with van der Waals surface area (Å²) >= 11 is 0. The van der Waals surface area contributed by atoms with Crippen molar-refractivity contribution in [1.82, 2.24) is 4.72 Å². The molecule has 1 amide bonds. The van der Waals surface area contributed by atoms with Gasteiger partial charge in [0, 0.05) is 30.0 Å². The molecule has 0 heterocycles. The first-order chi connectivity index (χ1) is 12.7. The van der Waals surface area contributed by atoms with Crippen LogP contribution in [0.4, 0.5) is 11.4 Å². The highest BCUT2D eigenvalue weighted by molar-refractivity contribution is 7.89. The van der Waals surface area contributed by atoms with Crippen molar-refractivity contribution in [1.29, 1.82) is 0 Å². The van der Waals surface area contributed by atoms with Crippen molar-refractivity contribution in [3.05, 3.63) is 53.1 Å². The highest BCUT2D eigenvalue weighted by Gasteiger charge is 2.19. The molecule has 2 aromatic carbocycles. The average molecular weight is 390 g/mol. The Morgan fingerprint density at radius 1 is 1.04 bits per heavy atom. The van der Waals surface area contributed by atoms with Crippen LogP contribution >= 0.6 is 0 Å². The smallest absolute Gasteiger partial charge is 0.255 e. The molecule has 0 aliphatic rings. The van der Waals surface area contributed by atoms with Crippen LogP contribution in [0.5, 0.6) is 0 Å². The van der Waals surface area contributed by atoms with Crippen molar-refractivity contribution in [3.8, 4) is 0 Å². The van der Waals surface area contributed by atoms with Crippen molar-refractivity contribution in [3.63, 3.8) is 0 Å². The maximum atomic E-state index is 12.6. The standard InChI is InChI=1S/C20H27N3O3S/c1-6-23(7-2)18-10-8-17(9-11-18)22-20(24)16-12-14(3)15(4)19(13-16)27(25,26)21-5/h8-13,21H,6-7H2,1-5H3,(H,22,24). The van der Waals surface area contributed by atoms with Gasteiger partial charge in [-0.3, -0.25) is 4.79 Å². The Kier molecular flexibility index (Phi) is 6.62. The third-order valence-corrected chi connectivity index (χ3v) is 6.23. The number of anilines is 2. The molecule has 2 aromatic rings. The summed E-state index contributed by atoms with van der Waals surface area (Å²) in [6, 6.07) is 10.7. The van der Waals surface area contributed by atoms with Gasteiger partial charge in [0.25, 0.3) is 5.91 Å². The van der Waals surface area contributed by atoms with Crippen LogP contribution < -0.4 is 14.9 Å². The number of nitrogens with zero attached hydrogens (tertiary/aromatic N) is 1. The zero-order valence-corrected chi connectivity index (χ0v) is 17.3. The van der Waals surface area contributed by atoms with E-state index in [1.807, 2.05) is 24.3 Å². The Bertz CT molecular complexity index is 918. The highest BCUT2D eigenvalue weighted by Crippen LogP contribution is 2.23. The highest BCUT2D eigenvalue weighted by atomic mass is 32.2. The van der Waals surface area contributed by atoms with Gasteiger partial charge in [-0.05, 0) is 82.3 Å². The summed E-state index contributed by atoms with van der Waals surface area (Å²) < 4.78 is 26.7. The number of carbonyl (C=O) groups is 1. The lowest BCUT2D eigenvalue weighted by Gasteiger charge is -2.21. The van der Waals surface area contributed by atoms with Crippen LogP contribution in [-0.2, 0) is 10.0 Å². The van der Waals surface area contributed by atoms with E-state index in [0.717, 1.165) is 24.3 Å². The number of rotatable bonds is 7. The number of aryl methyl sites for hydroxylation is 1. The molecule has 0 saturated carbocycles. The second kappa shape index (κ2) is 8.54. The molecular weight excluding hydrogens is 362 g/mol. The van der Waals surface area contributed by atoms with Crippen molar-refractivity contribution in [2.75, 3.05) is 30.4 Å². The number of carbonyl (C=O) groups excluding carboxylic acids is 1. The lowest BCUT2D eigenvalue weighted by atomic mass is 10.1. The van der Waals surface area contributed by atoms with E-state index in [4.69, 9.17) is 0 Å². The van der Waals surface area contributed by atoms with E-state index in [1.165, 1.54) is 13.1 Å². The fraction of sp³-hybridized carbons (Fsp3) is 0.350. The van der Waals surface area contributed by atoms with E-state index < -0.39 is 10.0 Å². The van der Waals surface area contributed by atoms with Crippen LogP contribution in [0.25, 0.3) is 0 Å². The van der Waals surface area contributed by atoms with Crippen LogP contribution in [0.2, 0.25) is 0 Å². The number of benzene rings is 2. The normalized spacial score (nSPS) is 11.3.